The van der Waals surface area contributed by atoms with E-state index in [1.807, 2.05) is 13.8 Å². The molecule has 3 aromatic rings. The minimum Gasteiger partial charge on any atom is -0.493 e. The van der Waals surface area contributed by atoms with Crippen molar-refractivity contribution in [2.45, 2.75) is 20.4 Å². The number of halogens is 1. The summed E-state index contributed by atoms with van der Waals surface area (Å²) in [6, 6.07) is 7.95. The molecule has 0 aliphatic rings. The zero-order chi connectivity index (χ0) is 21.7. The van der Waals surface area contributed by atoms with Crippen LogP contribution in [0.3, 0.4) is 0 Å². The number of rotatable bonds is 7. The van der Waals surface area contributed by atoms with Crippen LogP contribution in [0.2, 0.25) is 0 Å². The molecule has 0 radical (unpaired) electrons. The van der Waals surface area contributed by atoms with Gasteiger partial charge in [-0.3, -0.25) is 9.48 Å². The normalized spacial score (nSPS) is 10.9. The molecule has 0 aliphatic heterocycles. The SMILES string of the molecule is COc1cc(C=NNC(=O)Cn2nc(C)c(Br)c2C)ccc1OC(=O)c1ccco1. The van der Waals surface area contributed by atoms with Crippen LogP contribution < -0.4 is 14.9 Å². The molecular weight excluding hydrogens is 456 g/mol. The van der Waals surface area contributed by atoms with Gasteiger partial charge in [-0.25, -0.2) is 10.2 Å². The van der Waals surface area contributed by atoms with Gasteiger partial charge in [-0.15, -0.1) is 0 Å². The van der Waals surface area contributed by atoms with Crippen molar-refractivity contribution in [1.29, 1.82) is 0 Å². The van der Waals surface area contributed by atoms with Gasteiger partial charge in [-0.2, -0.15) is 10.2 Å². The number of hydrogen-bond donors (Lipinski definition) is 1. The Morgan fingerprint density at radius 3 is 2.73 bits per heavy atom. The number of carbonyl (C=O) groups is 2. The van der Waals surface area contributed by atoms with Gasteiger partial charge in [0.1, 0.15) is 6.54 Å². The zero-order valence-corrected chi connectivity index (χ0v) is 18.1. The average Bonchev–Trinajstić information content (AvgIpc) is 3.35. The summed E-state index contributed by atoms with van der Waals surface area (Å²) in [5.41, 5.74) is 4.76. The van der Waals surface area contributed by atoms with Crippen molar-refractivity contribution in [3.05, 3.63) is 63.8 Å². The molecule has 0 fully saturated rings. The molecule has 0 atom stereocenters. The van der Waals surface area contributed by atoms with Crippen molar-refractivity contribution >= 4 is 34.0 Å². The number of amides is 1. The Morgan fingerprint density at radius 1 is 1.30 bits per heavy atom. The molecule has 1 N–H and O–H groups in total. The molecule has 0 spiro atoms. The number of nitrogens with zero attached hydrogens (tertiary/aromatic N) is 3. The van der Waals surface area contributed by atoms with Gasteiger partial charge in [-0.05, 0) is 65.7 Å². The number of aryl methyl sites for hydroxylation is 1. The Morgan fingerprint density at radius 2 is 2.10 bits per heavy atom. The predicted octanol–water partition coefficient (Wildman–Crippen LogP) is 3.23. The molecule has 0 bridgehead atoms. The highest BCUT2D eigenvalue weighted by Crippen LogP contribution is 2.28. The first kappa shape index (κ1) is 21.3. The summed E-state index contributed by atoms with van der Waals surface area (Å²) in [4.78, 5) is 24.1. The number of aromatic nitrogens is 2. The molecule has 30 heavy (non-hydrogen) atoms. The number of hydrogen-bond acceptors (Lipinski definition) is 7. The van der Waals surface area contributed by atoms with Gasteiger partial charge < -0.3 is 13.9 Å². The number of ether oxygens (including phenoxy) is 2. The maximum Gasteiger partial charge on any atom is 0.379 e. The Balaban J connectivity index is 1.62. The van der Waals surface area contributed by atoms with Crippen LogP contribution in [0, 0.1) is 13.8 Å². The van der Waals surface area contributed by atoms with Crippen LogP contribution in [0.5, 0.6) is 11.5 Å². The Bertz CT molecular complexity index is 1090. The van der Waals surface area contributed by atoms with Crippen LogP contribution in [-0.2, 0) is 11.3 Å². The van der Waals surface area contributed by atoms with Crippen molar-refractivity contribution in [2.75, 3.05) is 7.11 Å². The third-order valence-electron chi connectivity index (χ3n) is 4.10. The second kappa shape index (κ2) is 9.40. The molecular formula is C20H19BrN4O5. The van der Waals surface area contributed by atoms with Gasteiger partial charge in [0.15, 0.2) is 11.5 Å². The molecule has 1 amide bonds. The number of furan rings is 1. The molecule has 0 saturated heterocycles. The van der Waals surface area contributed by atoms with E-state index in [4.69, 9.17) is 13.9 Å². The Labute approximate surface area is 180 Å². The second-order valence-corrected chi connectivity index (χ2v) is 7.01. The van der Waals surface area contributed by atoms with E-state index in [0.717, 1.165) is 15.9 Å². The first-order valence-corrected chi connectivity index (χ1v) is 9.63. The van der Waals surface area contributed by atoms with Crippen LogP contribution >= 0.6 is 15.9 Å². The minimum atomic E-state index is -0.636. The van der Waals surface area contributed by atoms with Gasteiger partial charge in [0.2, 0.25) is 5.76 Å². The largest absolute Gasteiger partial charge is 0.493 e. The van der Waals surface area contributed by atoms with Gasteiger partial charge in [-0.1, -0.05) is 0 Å². The lowest BCUT2D eigenvalue weighted by molar-refractivity contribution is -0.121. The standard InChI is InChI=1S/C20H19BrN4O5/c1-12-19(21)13(2)25(24-12)11-18(26)23-22-10-14-6-7-15(17(9-14)28-3)30-20(27)16-5-4-8-29-16/h4-10H,11H2,1-3H3,(H,23,26). The second-order valence-electron chi connectivity index (χ2n) is 6.21. The first-order valence-electron chi connectivity index (χ1n) is 8.84. The van der Waals surface area contributed by atoms with Gasteiger partial charge >= 0.3 is 5.97 Å². The molecule has 2 aromatic heterocycles. The lowest BCUT2D eigenvalue weighted by atomic mass is 10.2. The van der Waals surface area contributed by atoms with E-state index in [1.54, 1.807) is 28.9 Å². The quantitative estimate of drug-likeness (QED) is 0.243. The van der Waals surface area contributed by atoms with E-state index in [9.17, 15) is 9.59 Å². The van der Waals surface area contributed by atoms with E-state index in [0.29, 0.717) is 11.3 Å². The minimum absolute atomic E-state index is 0.0423. The summed E-state index contributed by atoms with van der Waals surface area (Å²) in [5, 5.41) is 8.23. The highest BCUT2D eigenvalue weighted by atomic mass is 79.9. The number of esters is 1. The molecule has 0 saturated carbocycles. The van der Waals surface area contributed by atoms with E-state index >= 15 is 0 Å². The lowest BCUT2D eigenvalue weighted by Crippen LogP contribution is -2.24. The monoisotopic (exact) mass is 474 g/mol. The van der Waals surface area contributed by atoms with Gasteiger partial charge in [0.05, 0.1) is 35.4 Å². The number of carbonyl (C=O) groups excluding carboxylic acids is 2. The first-order chi connectivity index (χ1) is 14.4. The molecule has 0 unspecified atom stereocenters. The number of benzene rings is 1. The van der Waals surface area contributed by atoms with E-state index in [2.05, 4.69) is 31.6 Å². The summed E-state index contributed by atoms with van der Waals surface area (Å²) in [5.74, 6) is -0.309. The molecule has 2 heterocycles. The molecule has 10 heteroatoms. The van der Waals surface area contributed by atoms with Crippen molar-refractivity contribution < 1.29 is 23.5 Å². The van der Waals surface area contributed by atoms with Crippen LogP contribution in [0.1, 0.15) is 27.5 Å². The summed E-state index contributed by atoms with van der Waals surface area (Å²) in [6.07, 6.45) is 2.84. The van der Waals surface area contributed by atoms with Crippen LogP contribution in [0.4, 0.5) is 0 Å². The lowest BCUT2D eigenvalue weighted by Gasteiger charge is -2.09. The highest BCUT2D eigenvalue weighted by molar-refractivity contribution is 9.10. The molecule has 9 nitrogen and oxygen atoms in total. The van der Waals surface area contributed by atoms with Crippen LogP contribution in [0.15, 0.2) is 50.6 Å². The Kier molecular flexibility index (Phi) is 6.68. The third-order valence-corrected chi connectivity index (χ3v) is 5.25. The summed E-state index contributed by atoms with van der Waals surface area (Å²) >= 11 is 3.43. The van der Waals surface area contributed by atoms with Crippen molar-refractivity contribution in [3.63, 3.8) is 0 Å². The zero-order valence-electron chi connectivity index (χ0n) is 16.5. The molecule has 1 aromatic carbocycles. The third kappa shape index (κ3) is 4.95. The molecule has 0 aliphatic carbocycles. The summed E-state index contributed by atoms with van der Waals surface area (Å²) < 4.78 is 18.0. The highest BCUT2D eigenvalue weighted by Gasteiger charge is 2.15. The number of hydrazone groups is 1. The topological polar surface area (TPSA) is 108 Å². The van der Waals surface area contributed by atoms with E-state index in [-0.39, 0.29) is 24.0 Å². The maximum atomic E-state index is 12.1. The van der Waals surface area contributed by atoms with Crippen LogP contribution in [-0.4, -0.2) is 35.0 Å². The molecule has 156 valence electrons. The van der Waals surface area contributed by atoms with Crippen molar-refractivity contribution in [1.82, 2.24) is 15.2 Å². The Hall–Kier alpha value is -3.40. The van der Waals surface area contributed by atoms with Gasteiger partial charge in [0.25, 0.3) is 5.91 Å². The van der Waals surface area contributed by atoms with E-state index < -0.39 is 5.97 Å². The van der Waals surface area contributed by atoms with Crippen molar-refractivity contribution in [2.24, 2.45) is 5.10 Å². The molecule has 3 rings (SSSR count). The van der Waals surface area contributed by atoms with Crippen LogP contribution in [0.25, 0.3) is 0 Å². The van der Waals surface area contributed by atoms with E-state index in [1.165, 1.54) is 25.7 Å². The summed E-state index contributed by atoms with van der Waals surface area (Å²) in [7, 11) is 1.45. The fraction of sp³-hybridized carbons (Fsp3) is 0.200. The number of methoxy groups -OCH3 is 1. The maximum absolute atomic E-state index is 12.1. The van der Waals surface area contributed by atoms with Gasteiger partial charge in [0, 0.05) is 0 Å². The average molecular weight is 475 g/mol. The van der Waals surface area contributed by atoms with Crippen molar-refractivity contribution in [3.8, 4) is 11.5 Å². The fourth-order valence-corrected chi connectivity index (χ4v) is 2.86. The number of nitrogens with one attached hydrogen (secondary N) is 1. The predicted molar refractivity (Wildman–Crippen MR) is 112 cm³/mol. The summed E-state index contributed by atoms with van der Waals surface area (Å²) in [6.45, 7) is 3.76. The fourth-order valence-electron chi connectivity index (χ4n) is 2.57. The smallest absolute Gasteiger partial charge is 0.379 e.